The smallest absolute Gasteiger partial charge is 0.387 e. The largest absolute Gasteiger partial charge is 0.472 e. The van der Waals surface area contributed by atoms with Crippen LogP contribution >= 0.6 is 7.82 Å². The molecule has 44 heavy (non-hydrogen) atoms. The second-order valence-electron chi connectivity index (χ2n) is 13.6. The Morgan fingerprint density at radius 1 is 0.750 bits per heavy atom. The average Bonchev–Trinajstić information content (AvgIpc) is 2.95. The maximum Gasteiger partial charge on any atom is 0.472 e. The summed E-state index contributed by atoms with van der Waals surface area (Å²) < 4.78 is 23.4. The summed E-state index contributed by atoms with van der Waals surface area (Å²) in [6.07, 6.45) is 28.4. The molecule has 3 N–H and O–H groups in total. The number of aliphatic hydroxyl groups excluding tert-OH is 1. The quantitative estimate of drug-likeness (QED) is 0.0292. The lowest BCUT2D eigenvalue weighted by Gasteiger charge is -2.25. The van der Waals surface area contributed by atoms with E-state index in [4.69, 9.17) is 9.05 Å². The fourth-order valence-corrected chi connectivity index (χ4v) is 5.77. The van der Waals surface area contributed by atoms with Crippen LogP contribution in [0.15, 0.2) is 12.2 Å². The van der Waals surface area contributed by atoms with E-state index in [1.165, 1.54) is 96.3 Å². The molecule has 0 rings (SSSR count). The first-order valence-electron chi connectivity index (χ1n) is 18.1. The number of likely N-dealkylation sites (N-methyl/N-ethyl adjacent to an activating group) is 1. The highest BCUT2D eigenvalue weighted by atomic mass is 31.2. The van der Waals surface area contributed by atoms with Gasteiger partial charge in [0, 0.05) is 6.42 Å². The molecule has 0 saturated carbocycles. The van der Waals surface area contributed by atoms with Gasteiger partial charge in [0.15, 0.2) is 0 Å². The Balaban J connectivity index is 4.52. The van der Waals surface area contributed by atoms with Gasteiger partial charge in [-0.3, -0.25) is 13.8 Å². The molecule has 0 aromatic heterocycles. The van der Waals surface area contributed by atoms with E-state index >= 15 is 0 Å². The van der Waals surface area contributed by atoms with Gasteiger partial charge in [-0.2, -0.15) is 0 Å². The number of rotatable bonds is 32. The van der Waals surface area contributed by atoms with Crippen LogP contribution in [0.2, 0.25) is 0 Å². The fraction of sp³-hybridized carbons (Fsp3) is 0.914. The number of carbonyl (C=O) groups excluding carboxylic acids is 1. The standard InChI is InChI=1S/C35H71N2O6P/c1-6-8-10-12-14-16-17-18-19-21-23-25-27-29-35(39)36-33(32-43-44(40,41)42-31-30-37(3,4)5)34(38)28-26-24-22-20-15-13-11-9-7-2/h26,28,33-34,38H,6-25,27,29-32H2,1-5H3,(H-,36,39,40,41)/p+1/b28-26+. The van der Waals surface area contributed by atoms with E-state index in [0.29, 0.717) is 17.4 Å². The number of amides is 1. The highest BCUT2D eigenvalue weighted by Gasteiger charge is 2.27. The van der Waals surface area contributed by atoms with Crippen LogP contribution in [0.1, 0.15) is 155 Å². The lowest BCUT2D eigenvalue weighted by molar-refractivity contribution is -0.870. The number of nitrogens with one attached hydrogen (secondary N) is 1. The molecule has 3 atom stereocenters. The number of allylic oxidation sites excluding steroid dienone is 1. The van der Waals surface area contributed by atoms with Crippen molar-refractivity contribution in [2.24, 2.45) is 0 Å². The van der Waals surface area contributed by atoms with Crippen LogP contribution in [0.25, 0.3) is 0 Å². The molecule has 0 bridgehead atoms. The highest BCUT2D eigenvalue weighted by Crippen LogP contribution is 2.43. The lowest BCUT2D eigenvalue weighted by atomic mass is 10.0. The van der Waals surface area contributed by atoms with Gasteiger partial charge in [-0.15, -0.1) is 0 Å². The van der Waals surface area contributed by atoms with Gasteiger partial charge >= 0.3 is 7.82 Å². The Morgan fingerprint density at radius 2 is 1.20 bits per heavy atom. The van der Waals surface area contributed by atoms with E-state index in [9.17, 15) is 19.4 Å². The number of hydrogen-bond acceptors (Lipinski definition) is 5. The molecule has 0 aromatic rings. The third-order valence-electron chi connectivity index (χ3n) is 8.01. The summed E-state index contributed by atoms with van der Waals surface area (Å²) in [4.78, 5) is 22.9. The van der Waals surface area contributed by atoms with Crippen LogP contribution in [-0.2, 0) is 18.4 Å². The highest BCUT2D eigenvalue weighted by molar-refractivity contribution is 7.47. The Labute approximate surface area is 272 Å². The van der Waals surface area contributed by atoms with Crippen molar-refractivity contribution in [3.63, 3.8) is 0 Å². The van der Waals surface area contributed by atoms with Crippen LogP contribution in [0, 0.1) is 0 Å². The molecule has 0 saturated heterocycles. The minimum Gasteiger partial charge on any atom is -0.387 e. The Kier molecular flexibility index (Phi) is 28.0. The molecule has 0 aromatic carbocycles. The lowest BCUT2D eigenvalue weighted by Crippen LogP contribution is -2.45. The monoisotopic (exact) mass is 648 g/mol. The first-order valence-corrected chi connectivity index (χ1v) is 19.6. The normalized spacial score (nSPS) is 15.0. The second-order valence-corrected chi connectivity index (χ2v) is 15.1. The van der Waals surface area contributed by atoms with Crippen LogP contribution in [0.4, 0.5) is 0 Å². The third-order valence-corrected chi connectivity index (χ3v) is 8.99. The Morgan fingerprint density at radius 3 is 1.68 bits per heavy atom. The summed E-state index contributed by atoms with van der Waals surface area (Å²) in [6, 6.07) is -0.836. The molecule has 262 valence electrons. The van der Waals surface area contributed by atoms with Crippen molar-refractivity contribution < 1.29 is 32.9 Å². The molecule has 0 aliphatic carbocycles. The second kappa shape index (κ2) is 28.5. The summed E-state index contributed by atoms with van der Waals surface area (Å²) in [5, 5.41) is 13.7. The average molecular weight is 648 g/mol. The van der Waals surface area contributed by atoms with Gasteiger partial charge in [0.25, 0.3) is 0 Å². The van der Waals surface area contributed by atoms with Crippen LogP contribution < -0.4 is 5.32 Å². The van der Waals surface area contributed by atoms with Crippen molar-refractivity contribution in [2.45, 2.75) is 167 Å². The molecule has 0 radical (unpaired) electrons. The maximum absolute atomic E-state index is 12.7. The maximum atomic E-state index is 12.7. The van der Waals surface area contributed by atoms with Gasteiger partial charge in [0.2, 0.25) is 5.91 Å². The number of quaternary nitrogens is 1. The van der Waals surface area contributed by atoms with Gasteiger partial charge < -0.3 is 19.8 Å². The zero-order valence-electron chi connectivity index (χ0n) is 29.4. The van der Waals surface area contributed by atoms with Gasteiger partial charge in [-0.05, 0) is 19.3 Å². The van der Waals surface area contributed by atoms with E-state index in [1.54, 1.807) is 6.08 Å². The number of phosphoric acid groups is 1. The molecule has 1 amide bonds. The van der Waals surface area contributed by atoms with E-state index in [0.717, 1.165) is 38.5 Å². The van der Waals surface area contributed by atoms with Gasteiger partial charge in [-0.25, -0.2) is 4.57 Å². The number of aliphatic hydroxyl groups is 1. The van der Waals surface area contributed by atoms with E-state index < -0.39 is 20.0 Å². The molecule has 0 aliphatic rings. The minimum atomic E-state index is -4.32. The molecule has 9 heteroatoms. The van der Waals surface area contributed by atoms with Crippen LogP contribution in [0.5, 0.6) is 0 Å². The fourth-order valence-electron chi connectivity index (χ4n) is 5.04. The first-order chi connectivity index (χ1) is 21.0. The molecular formula is C35H72N2O6P+. The summed E-state index contributed by atoms with van der Waals surface area (Å²) in [6.45, 7) is 4.76. The van der Waals surface area contributed by atoms with Crippen molar-refractivity contribution in [3.05, 3.63) is 12.2 Å². The van der Waals surface area contributed by atoms with Crippen molar-refractivity contribution >= 4 is 13.7 Å². The topological polar surface area (TPSA) is 105 Å². The molecular weight excluding hydrogens is 575 g/mol. The number of nitrogens with zero attached hydrogens (tertiary/aromatic N) is 1. The Bertz CT molecular complexity index is 743. The van der Waals surface area contributed by atoms with E-state index in [2.05, 4.69) is 19.2 Å². The molecule has 0 aliphatic heterocycles. The Hall–Kier alpha value is -0.760. The zero-order valence-corrected chi connectivity index (χ0v) is 30.3. The van der Waals surface area contributed by atoms with Crippen molar-refractivity contribution in [2.75, 3.05) is 40.9 Å². The molecule has 0 fully saturated rings. The predicted octanol–water partition coefficient (Wildman–Crippen LogP) is 8.85. The van der Waals surface area contributed by atoms with Gasteiger partial charge in [0.05, 0.1) is 39.9 Å². The van der Waals surface area contributed by atoms with E-state index in [1.807, 2.05) is 27.2 Å². The number of carbonyl (C=O) groups is 1. The number of phosphoric ester groups is 1. The summed E-state index contributed by atoms with van der Waals surface area (Å²) in [5.41, 5.74) is 0. The van der Waals surface area contributed by atoms with E-state index in [-0.39, 0.29) is 19.1 Å². The minimum absolute atomic E-state index is 0.0637. The number of hydrogen-bond donors (Lipinski definition) is 3. The molecule has 0 heterocycles. The first kappa shape index (κ1) is 43.2. The van der Waals surface area contributed by atoms with Crippen molar-refractivity contribution in [3.8, 4) is 0 Å². The van der Waals surface area contributed by atoms with Crippen molar-refractivity contribution in [1.82, 2.24) is 5.32 Å². The van der Waals surface area contributed by atoms with Gasteiger partial charge in [-0.1, -0.05) is 142 Å². The molecule has 8 nitrogen and oxygen atoms in total. The molecule has 0 spiro atoms. The summed E-state index contributed by atoms with van der Waals surface area (Å²) >= 11 is 0. The van der Waals surface area contributed by atoms with Gasteiger partial charge in [0.1, 0.15) is 13.2 Å². The SMILES string of the molecule is CCCCCCCCC/C=C/C(O)C(COP(=O)(O)OCC[N+](C)(C)C)NC(=O)CCCCCCCCCCCCCCC. The van der Waals surface area contributed by atoms with Crippen molar-refractivity contribution in [1.29, 1.82) is 0 Å². The summed E-state index contributed by atoms with van der Waals surface area (Å²) in [7, 11) is 1.57. The molecule has 3 unspecified atom stereocenters. The predicted molar refractivity (Wildman–Crippen MR) is 185 cm³/mol. The summed E-state index contributed by atoms with van der Waals surface area (Å²) in [5.74, 6) is -0.181. The van der Waals surface area contributed by atoms with Crippen LogP contribution in [-0.4, -0.2) is 73.4 Å². The van der Waals surface area contributed by atoms with Crippen LogP contribution in [0.3, 0.4) is 0 Å². The third kappa shape index (κ3) is 29.9. The zero-order chi connectivity index (χ0) is 32.9. The number of unbranched alkanes of at least 4 members (excludes halogenated alkanes) is 19.